The largest absolute Gasteiger partial charge is 0.376 e. The molecule has 2 saturated carbocycles. The topological polar surface area (TPSA) is 12.5 Å². The molecule has 1 spiro atoms. The molecule has 0 radical (unpaired) electrons. The fourth-order valence-corrected chi connectivity index (χ4v) is 3.71. The fourth-order valence-electron chi connectivity index (χ4n) is 3.71. The van der Waals surface area contributed by atoms with Crippen LogP contribution in [0.5, 0.6) is 0 Å². The Labute approximate surface area is 107 Å². The van der Waals surface area contributed by atoms with Crippen molar-refractivity contribution < 1.29 is 4.74 Å². The van der Waals surface area contributed by atoms with Crippen molar-refractivity contribution in [3.63, 3.8) is 0 Å². The predicted molar refractivity (Wildman–Crippen MR) is 72.2 cm³/mol. The minimum atomic E-state index is 0.403. The number of ether oxygens (including phenoxy) is 1. The molecule has 0 amide bonds. The van der Waals surface area contributed by atoms with E-state index in [0.717, 1.165) is 6.04 Å². The Hall–Kier alpha value is -0.0800. The lowest BCUT2D eigenvalue weighted by Crippen LogP contribution is -2.48. The highest BCUT2D eigenvalue weighted by atomic mass is 16.5. The zero-order valence-electron chi connectivity index (χ0n) is 12.0. The number of hydrogen-bond donors (Lipinski definition) is 0. The van der Waals surface area contributed by atoms with E-state index >= 15 is 0 Å². The second-order valence-electron chi connectivity index (χ2n) is 6.52. The Morgan fingerprint density at radius 1 is 1.24 bits per heavy atom. The van der Waals surface area contributed by atoms with Crippen LogP contribution in [0.4, 0.5) is 0 Å². The molecule has 17 heavy (non-hydrogen) atoms. The molecule has 0 atom stereocenters. The van der Waals surface area contributed by atoms with Crippen molar-refractivity contribution in [1.29, 1.82) is 0 Å². The van der Waals surface area contributed by atoms with Crippen molar-refractivity contribution >= 4 is 0 Å². The summed E-state index contributed by atoms with van der Waals surface area (Å²) in [5, 5.41) is 0. The van der Waals surface area contributed by atoms with Crippen LogP contribution in [0.15, 0.2) is 0 Å². The molecule has 0 aromatic heterocycles. The lowest BCUT2D eigenvalue weighted by atomic mass is 9.58. The van der Waals surface area contributed by atoms with Crippen LogP contribution in [0.25, 0.3) is 0 Å². The van der Waals surface area contributed by atoms with E-state index in [9.17, 15) is 0 Å². The first kappa shape index (κ1) is 13.4. The van der Waals surface area contributed by atoms with Gasteiger partial charge in [0.05, 0.1) is 12.2 Å². The maximum absolute atomic E-state index is 5.90. The quantitative estimate of drug-likeness (QED) is 0.745. The highest BCUT2D eigenvalue weighted by molar-refractivity contribution is 4.98. The van der Waals surface area contributed by atoms with Gasteiger partial charge in [-0.15, -0.1) is 0 Å². The summed E-state index contributed by atoms with van der Waals surface area (Å²) in [7, 11) is 2.27. The van der Waals surface area contributed by atoms with Crippen molar-refractivity contribution in [2.24, 2.45) is 5.41 Å². The molecule has 2 nitrogen and oxygen atoms in total. The van der Waals surface area contributed by atoms with Crippen LogP contribution < -0.4 is 0 Å². The molecule has 2 aliphatic rings. The van der Waals surface area contributed by atoms with E-state index in [1.807, 2.05) is 0 Å². The highest BCUT2D eigenvalue weighted by Gasteiger charge is 2.47. The summed E-state index contributed by atoms with van der Waals surface area (Å²) < 4.78 is 5.90. The predicted octanol–water partition coefficient (Wildman–Crippen LogP) is 3.45. The molecule has 0 aromatic rings. The lowest BCUT2D eigenvalue weighted by Gasteiger charge is -2.52. The molecular formula is C15H29NO. The Morgan fingerprint density at radius 3 is 2.29 bits per heavy atom. The first-order valence-electron chi connectivity index (χ1n) is 7.40. The molecule has 2 fully saturated rings. The maximum atomic E-state index is 5.90. The zero-order valence-corrected chi connectivity index (χ0v) is 12.0. The minimum Gasteiger partial charge on any atom is -0.376 e. The van der Waals surface area contributed by atoms with Gasteiger partial charge in [-0.2, -0.15) is 0 Å². The molecule has 0 aromatic carbocycles. The molecule has 2 aliphatic carbocycles. The van der Waals surface area contributed by atoms with Crippen LogP contribution in [0, 0.1) is 5.41 Å². The Morgan fingerprint density at radius 2 is 1.82 bits per heavy atom. The van der Waals surface area contributed by atoms with E-state index in [4.69, 9.17) is 4.74 Å². The number of rotatable bonds is 4. The third-order valence-corrected chi connectivity index (χ3v) is 4.92. The second kappa shape index (κ2) is 5.27. The summed E-state index contributed by atoms with van der Waals surface area (Å²) in [5.41, 5.74) is 0.671. The van der Waals surface area contributed by atoms with E-state index < -0.39 is 0 Å². The minimum absolute atomic E-state index is 0.403. The summed E-state index contributed by atoms with van der Waals surface area (Å²) in [6, 6.07) is 0.843. The monoisotopic (exact) mass is 239 g/mol. The molecule has 0 heterocycles. The number of nitrogens with zero attached hydrogens (tertiary/aromatic N) is 1. The average molecular weight is 239 g/mol. The van der Waals surface area contributed by atoms with E-state index in [0.29, 0.717) is 17.6 Å². The lowest BCUT2D eigenvalue weighted by molar-refractivity contribution is -0.122. The van der Waals surface area contributed by atoms with Crippen LogP contribution in [0.1, 0.15) is 59.3 Å². The summed E-state index contributed by atoms with van der Waals surface area (Å²) in [5.74, 6) is 0. The first-order chi connectivity index (χ1) is 8.04. The molecule has 2 heteroatoms. The number of hydrogen-bond acceptors (Lipinski definition) is 2. The van der Waals surface area contributed by atoms with Crippen molar-refractivity contribution in [3.8, 4) is 0 Å². The first-order valence-corrected chi connectivity index (χ1v) is 7.40. The molecule has 0 saturated heterocycles. The second-order valence-corrected chi connectivity index (χ2v) is 6.52. The molecule has 0 aliphatic heterocycles. The standard InChI is InChI=1S/C15H29NO/c1-5-16(4)13-6-8-15(9-7-13)10-14(11-15)17-12(2)3/h12-14H,5-11H2,1-4H3. The Kier molecular flexibility index (Phi) is 4.14. The van der Waals surface area contributed by atoms with Crippen LogP contribution in [-0.2, 0) is 4.74 Å². The van der Waals surface area contributed by atoms with Crippen LogP contribution in [0.2, 0.25) is 0 Å². The Balaban J connectivity index is 1.74. The average Bonchev–Trinajstić information content (AvgIpc) is 2.26. The van der Waals surface area contributed by atoms with Crippen molar-refractivity contribution in [3.05, 3.63) is 0 Å². The molecule has 0 bridgehead atoms. The molecule has 2 rings (SSSR count). The smallest absolute Gasteiger partial charge is 0.0589 e. The maximum Gasteiger partial charge on any atom is 0.0589 e. The van der Waals surface area contributed by atoms with Crippen molar-refractivity contribution in [1.82, 2.24) is 4.90 Å². The van der Waals surface area contributed by atoms with Gasteiger partial charge in [0, 0.05) is 6.04 Å². The third kappa shape index (κ3) is 3.03. The molecule has 0 N–H and O–H groups in total. The highest BCUT2D eigenvalue weighted by Crippen LogP contribution is 2.53. The van der Waals surface area contributed by atoms with Gasteiger partial charge in [0.25, 0.3) is 0 Å². The summed E-state index contributed by atoms with van der Waals surface area (Å²) in [4.78, 5) is 2.52. The van der Waals surface area contributed by atoms with Gasteiger partial charge in [-0.05, 0) is 71.4 Å². The van der Waals surface area contributed by atoms with Gasteiger partial charge in [0.2, 0.25) is 0 Å². The van der Waals surface area contributed by atoms with E-state index in [1.165, 1.54) is 45.1 Å². The summed E-state index contributed by atoms with van der Waals surface area (Å²) in [6.07, 6.45) is 9.29. The Bertz CT molecular complexity index is 235. The van der Waals surface area contributed by atoms with Gasteiger partial charge in [-0.3, -0.25) is 0 Å². The van der Waals surface area contributed by atoms with Gasteiger partial charge in [-0.25, -0.2) is 0 Å². The molecule has 0 unspecified atom stereocenters. The van der Waals surface area contributed by atoms with Gasteiger partial charge in [-0.1, -0.05) is 6.92 Å². The fraction of sp³-hybridized carbons (Fsp3) is 1.00. The van der Waals surface area contributed by atoms with Crippen LogP contribution >= 0.6 is 0 Å². The van der Waals surface area contributed by atoms with Gasteiger partial charge >= 0.3 is 0 Å². The zero-order chi connectivity index (χ0) is 12.5. The molecular weight excluding hydrogens is 210 g/mol. The summed E-state index contributed by atoms with van der Waals surface area (Å²) in [6.45, 7) is 7.76. The van der Waals surface area contributed by atoms with E-state index in [2.05, 4.69) is 32.7 Å². The van der Waals surface area contributed by atoms with Crippen molar-refractivity contribution in [2.45, 2.75) is 77.5 Å². The molecule has 100 valence electrons. The van der Waals surface area contributed by atoms with Gasteiger partial charge in [0.15, 0.2) is 0 Å². The van der Waals surface area contributed by atoms with Gasteiger partial charge < -0.3 is 9.64 Å². The third-order valence-electron chi connectivity index (χ3n) is 4.92. The van der Waals surface area contributed by atoms with Crippen LogP contribution in [-0.4, -0.2) is 36.7 Å². The van der Waals surface area contributed by atoms with E-state index in [-0.39, 0.29) is 0 Å². The van der Waals surface area contributed by atoms with E-state index in [1.54, 1.807) is 0 Å². The SMILES string of the molecule is CCN(C)C1CCC2(CC1)CC(OC(C)C)C2. The normalized spacial score (nSPS) is 37.8. The van der Waals surface area contributed by atoms with Crippen molar-refractivity contribution in [2.75, 3.05) is 13.6 Å². The van der Waals surface area contributed by atoms with Crippen LogP contribution in [0.3, 0.4) is 0 Å². The van der Waals surface area contributed by atoms with Gasteiger partial charge in [0.1, 0.15) is 0 Å². The summed E-state index contributed by atoms with van der Waals surface area (Å²) >= 11 is 0.